The maximum atomic E-state index is 13.2. The minimum atomic E-state index is -0.793. The van der Waals surface area contributed by atoms with E-state index in [0.29, 0.717) is 23.7 Å². The molecule has 2 amide bonds. The van der Waals surface area contributed by atoms with Crippen molar-refractivity contribution >= 4 is 17.8 Å². The molecule has 1 aliphatic heterocycles. The molecule has 0 saturated carbocycles. The number of benzene rings is 1. The second-order valence-electron chi connectivity index (χ2n) is 6.26. The molecule has 9 nitrogen and oxygen atoms in total. The summed E-state index contributed by atoms with van der Waals surface area (Å²) in [4.78, 5) is 38.5. The van der Waals surface area contributed by atoms with Gasteiger partial charge in [-0.3, -0.25) is 9.59 Å². The standard InChI is InChI=1S/C19H26N2O7/c1-6-16(22)20-12-9-13(19(24)28-5)21(10-12)18(23)11-7-14(25-2)17(27-4)15(8-11)26-3/h7-8,12-13H,6,9-10H2,1-5H3,(H,20,22)/t12-,13-/m0/s1. The number of nitrogens with one attached hydrogen (secondary N) is 1. The average molecular weight is 394 g/mol. The van der Waals surface area contributed by atoms with Crippen LogP contribution in [0.25, 0.3) is 0 Å². The zero-order chi connectivity index (χ0) is 20.8. The Labute approximate surface area is 163 Å². The molecule has 1 aromatic carbocycles. The van der Waals surface area contributed by atoms with Crippen LogP contribution in [0.5, 0.6) is 17.2 Å². The number of ether oxygens (including phenoxy) is 4. The van der Waals surface area contributed by atoms with Crippen LogP contribution in [0.2, 0.25) is 0 Å². The summed E-state index contributed by atoms with van der Waals surface area (Å²) in [6.07, 6.45) is 0.606. The van der Waals surface area contributed by atoms with E-state index in [9.17, 15) is 14.4 Å². The third-order valence-electron chi connectivity index (χ3n) is 4.63. The highest BCUT2D eigenvalue weighted by molar-refractivity contribution is 5.98. The predicted molar refractivity (Wildman–Crippen MR) is 99.8 cm³/mol. The van der Waals surface area contributed by atoms with E-state index < -0.39 is 17.9 Å². The molecule has 1 aromatic rings. The molecular weight excluding hydrogens is 368 g/mol. The summed E-state index contributed by atoms with van der Waals surface area (Å²) >= 11 is 0. The number of methoxy groups -OCH3 is 4. The van der Waals surface area contributed by atoms with Crippen LogP contribution in [0.15, 0.2) is 12.1 Å². The van der Waals surface area contributed by atoms with E-state index in [1.54, 1.807) is 6.92 Å². The summed E-state index contributed by atoms with van der Waals surface area (Å²) in [6.45, 7) is 1.93. The first-order chi connectivity index (χ1) is 13.4. The minimum Gasteiger partial charge on any atom is -0.493 e. The monoisotopic (exact) mass is 394 g/mol. The van der Waals surface area contributed by atoms with E-state index in [1.807, 2.05) is 0 Å². The Morgan fingerprint density at radius 2 is 1.68 bits per heavy atom. The summed E-state index contributed by atoms with van der Waals surface area (Å²) in [5.74, 6) is -0.0575. The van der Waals surface area contributed by atoms with Gasteiger partial charge >= 0.3 is 5.97 Å². The fraction of sp³-hybridized carbons (Fsp3) is 0.526. The highest BCUT2D eigenvalue weighted by atomic mass is 16.5. The smallest absolute Gasteiger partial charge is 0.328 e. The van der Waals surface area contributed by atoms with Gasteiger partial charge in [-0.25, -0.2) is 4.79 Å². The third-order valence-corrected chi connectivity index (χ3v) is 4.63. The molecule has 0 radical (unpaired) electrons. The summed E-state index contributed by atoms with van der Waals surface area (Å²) in [5.41, 5.74) is 0.269. The highest BCUT2D eigenvalue weighted by Gasteiger charge is 2.41. The SMILES string of the molecule is CCC(=O)N[C@H]1C[C@@H](C(=O)OC)N(C(=O)c2cc(OC)c(OC)c(OC)c2)C1. The first-order valence-electron chi connectivity index (χ1n) is 8.88. The first kappa shape index (κ1) is 21.3. The topological polar surface area (TPSA) is 103 Å². The number of hydrogen-bond acceptors (Lipinski definition) is 7. The molecule has 0 aromatic heterocycles. The van der Waals surface area contributed by atoms with Crippen LogP contribution < -0.4 is 19.5 Å². The lowest BCUT2D eigenvalue weighted by Crippen LogP contribution is -2.42. The van der Waals surface area contributed by atoms with Gasteiger partial charge in [0.25, 0.3) is 5.91 Å². The molecule has 1 N–H and O–H groups in total. The van der Waals surface area contributed by atoms with E-state index in [1.165, 1.54) is 45.5 Å². The molecule has 154 valence electrons. The molecule has 0 unspecified atom stereocenters. The van der Waals surface area contributed by atoms with Gasteiger partial charge in [-0.15, -0.1) is 0 Å². The molecule has 28 heavy (non-hydrogen) atoms. The molecular formula is C19H26N2O7. The normalized spacial score (nSPS) is 18.4. The number of hydrogen-bond donors (Lipinski definition) is 1. The van der Waals surface area contributed by atoms with Gasteiger partial charge in [0.05, 0.1) is 28.4 Å². The minimum absolute atomic E-state index is 0.143. The van der Waals surface area contributed by atoms with Crippen molar-refractivity contribution in [2.45, 2.75) is 31.8 Å². The molecule has 0 spiro atoms. The van der Waals surface area contributed by atoms with Gasteiger partial charge in [-0.2, -0.15) is 0 Å². The van der Waals surface area contributed by atoms with Gasteiger partial charge in [-0.1, -0.05) is 6.92 Å². The predicted octanol–water partition coefficient (Wildman–Crippen LogP) is 0.995. The molecule has 0 aliphatic carbocycles. The van der Waals surface area contributed by atoms with Gasteiger partial charge in [0, 0.05) is 31.0 Å². The molecule has 0 bridgehead atoms. The number of rotatable bonds is 7. The average Bonchev–Trinajstić information content (AvgIpc) is 3.14. The van der Waals surface area contributed by atoms with Crippen LogP contribution in [0, 0.1) is 0 Å². The number of carbonyl (C=O) groups is 3. The van der Waals surface area contributed by atoms with E-state index in [2.05, 4.69) is 5.32 Å². The Kier molecular flexibility index (Phi) is 7.08. The van der Waals surface area contributed by atoms with Gasteiger partial charge in [0.15, 0.2) is 11.5 Å². The van der Waals surface area contributed by atoms with Crippen molar-refractivity contribution < 1.29 is 33.3 Å². The Bertz CT molecular complexity index is 725. The summed E-state index contributed by atoms with van der Waals surface area (Å²) in [7, 11) is 5.64. The summed E-state index contributed by atoms with van der Waals surface area (Å²) in [5, 5.41) is 2.83. The van der Waals surface area contributed by atoms with Gasteiger partial charge in [0.1, 0.15) is 6.04 Å². The second kappa shape index (κ2) is 9.29. The fourth-order valence-electron chi connectivity index (χ4n) is 3.22. The van der Waals surface area contributed by atoms with Crippen LogP contribution in [-0.4, -0.2) is 69.8 Å². The van der Waals surface area contributed by atoms with E-state index in [-0.39, 0.29) is 30.5 Å². The van der Waals surface area contributed by atoms with Gasteiger partial charge in [-0.05, 0) is 12.1 Å². The number of nitrogens with zero attached hydrogens (tertiary/aromatic N) is 1. The molecule has 1 saturated heterocycles. The van der Waals surface area contributed by atoms with Crippen molar-refractivity contribution in [3.63, 3.8) is 0 Å². The third kappa shape index (κ3) is 4.29. The van der Waals surface area contributed by atoms with Crippen molar-refractivity contribution in [3.8, 4) is 17.2 Å². The maximum Gasteiger partial charge on any atom is 0.328 e. The molecule has 2 rings (SSSR count). The van der Waals surface area contributed by atoms with Crippen molar-refractivity contribution in [2.75, 3.05) is 35.0 Å². The lowest BCUT2D eigenvalue weighted by Gasteiger charge is -2.23. The van der Waals surface area contributed by atoms with Crippen LogP contribution in [0.1, 0.15) is 30.1 Å². The Hall–Kier alpha value is -2.97. The number of carbonyl (C=O) groups excluding carboxylic acids is 3. The van der Waals surface area contributed by atoms with Crippen LogP contribution in [0.4, 0.5) is 0 Å². The van der Waals surface area contributed by atoms with E-state index in [4.69, 9.17) is 18.9 Å². The summed E-state index contributed by atoms with van der Waals surface area (Å²) < 4.78 is 20.7. The van der Waals surface area contributed by atoms with Crippen LogP contribution >= 0.6 is 0 Å². The van der Waals surface area contributed by atoms with Gasteiger partial charge < -0.3 is 29.2 Å². The van der Waals surface area contributed by atoms with Crippen LogP contribution in [-0.2, 0) is 14.3 Å². The molecule has 1 aliphatic rings. The number of likely N-dealkylation sites (tertiary alicyclic amines) is 1. The first-order valence-corrected chi connectivity index (χ1v) is 8.88. The fourth-order valence-corrected chi connectivity index (χ4v) is 3.22. The van der Waals surface area contributed by atoms with E-state index >= 15 is 0 Å². The lowest BCUT2D eigenvalue weighted by atomic mass is 10.1. The number of amides is 2. The van der Waals surface area contributed by atoms with Crippen molar-refractivity contribution in [2.24, 2.45) is 0 Å². The Morgan fingerprint density at radius 3 is 2.14 bits per heavy atom. The number of esters is 1. The van der Waals surface area contributed by atoms with Crippen molar-refractivity contribution in [1.29, 1.82) is 0 Å². The highest BCUT2D eigenvalue weighted by Crippen LogP contribution is 2.39. The Morgan fingerprint density at radius 1 is 1.07 bits per heavy atom. The summed E-state index contributed by atoms with van der Waals surface area (Å²) in [6, 6.07) is 1.92. The van der Waals surface area contributed by atoms with Crippen LogP contribution in [0.3, 0.4) is 0 Å². The zero-order valence-electron chi connectivity index (χ0n) is 16.7. The molecule has 2 atom stereocenters. The second-order valence-corrected chi connectivity index (χ2v) is 6.26. The molecule has 1 heterocycles. The Balaban J connectivity index is 2.36. The maximum absolute atomic E-state index is 13.2. The van der Waals surface area contributed by atoms with E-state index in [0.717, 1.165) is 0 Å². The zero-order valence-corrected chi connectivity index (χ0v) is 16.7. The molecule has 9 heteroatoms. The lowest BCUT2D eigenvalue weighted by molar-refractivity contribution is -0.145. The quantitative estimate of drug-likeness (QED) is 0.688. The van der Waals surface area contributed by atoms with Crippen molar-refractivity contribution in [1.82, 2.24) is 10.2 Å². The van der Waals surface area contributed by atoms with Gasteiger partial charge in [0.2, 0.25) is 11.7 Å². The van der Waals surface area contributed by atoms with Crippen molar-refractivity contribution in [3.05, 3.63) is 17.7 Å². The molecule has 1 fully saturated rings. The largest absolute Gasteiger partial charge is 0.493 e.